The molecule has 0 aliphatic heterocycles. The van der Waals surface area contributed by atoms with Crippen LogP contribution in [0.2, 0.25) is 0 Å². The molecule has 0 spiro atoms. The molecule has 0 fully saturated rings. The molecule has 7 nitrogen and oxygen atoms in total. The fourth-order valence-corrected chi connectivity index (χ4v) is 2.75. The third-order valence-electron chi connectivity index (χ3n) is 2.75. The van der Waals surface area contributed by atoms with Crippen molar-refractivity contribution in [1.82, 2.24) is 14.5 Å². The SMILES string of the molecule is Cn1c(=O)c2cc(C(=O)NCCO)sc2n(C)c1=O. The Hall–Kier alpha value is -1.93. The van der Waals surface area contributed by atoms with Crippen molar-refractivity contribution in [2.75, 3.05) is 13.2 Å². The predicted molar refractivity (Wildman–Crippen MR) is 71.7 cm³/mol. The zero-order valence-corrected chi connectivity index (χ0v) is 11.3. The lowest BCUT2D eigenvalue weighted by Gasteiger charge is -2.01. The zero-order valence-electron chi connectivity index (χ0n) is 10.5. The maximum atomic E-state index is 11.9. The quantitative estimate of drug-likeness (QED) is 0.757. The maximum absolute atomic E-state index is 11.9. The Morgan fingerprint density at radius 2 is 2.05 bits per heavy atom. The van der Waals surface area contributed by atoms with Gasteiger partial charge < -0.3 is 10.4 Å². The molecule has 19 heavy (non-hydrogen) atoms. The lowest BCUT2D eigenvalue weighted by atomic mass is 10.3. The van der Waals surface area contributed by atoms with E-state index in [9.17, 15) is 14.4 Å². The molecule has 0 saturated carbocycles. The van der Waals surface area contributed by atoms with Crippen LogP contribution in [0.5, 0.6) is 0 Å². The Bertz CT molecular complexity index is 756. The van der Waals surface area contributed by atoms with Gasteiger partial charge in [-0.15, -0.1) is 11.3 Å². The van der Waals surface area contributed by atoms with Crippen molar-refractivity contribution in [3.05, 3.63) is 31.8 Å². The van der Waals surface area contributed by atoms with Gasteiger partial charge in [-0.25, -0.2) is 4.79 Å². The molecule has 2 rings (SSSR count). The predicted octanol–water partition coefficient (Wildman–Crippen LogP) is -0.979. The summed E-state index contributed by atoms with van der Waals surface area (Å²) in [5.41, 5.74) is -0.850. The van der Waals surface area contributed by atoms with Gasteiger partial charge in [0.2, 0.25) is 0 Å². The maximum Gasteiger partial charge on any atom is 0.331 e. The molecule has 0 bridgehead atoms. The number of hydrogen-bond acceptors (Lipinski definition) is 5. The van der Waals surface area contributed by atoms with Crippen LogP contribution < -0.4 is 16.6 Å². The van der Waals surface area contributed by atoms with Crippen molar-refractivity contribution in [3.8, 4) is 0 Å². The molecule has 2 aromatic rings. The Kier molecular flexibility index (Phi) is 3.54. The lowest BCUT2D eigenvalue weighted by molar-refractivity contribution is 0.0949. The molecule has 2 heterocycles. The van der Waals surface area contributed by atoms with Crippen molar-refractivity contribution in [2.45, 2.75) is 0 Å². The first kappa shape index (κ1) is 13.5. The number of amides is 1. The number of aliphatic hydroxyl groups excluding tert-OH is 1. The van der Waals surface area contributed by atoms with Crippen molar-refractivity contribution in [2.24, 2.45) is 14.1 Å². The molecule has 0 aromatic carbocycles. The van der Waals surface area contributed by atoms with Crippen LogP contribution in [0.15, 0.2) is 15.7 Å². The molecule has 1 amide bonds. The number of thiophene rings is 1. The number of hydrogen-bond donors (Lipinski definition) is 2. The van der Waals surface area contributed by atoms with E-state index in [1.165, 1.54) is 17.7 Å². The lowest BCUT2D eigenvalue weighted by Crippen LogP contribution is -2.36. The Balaban J connectivity index is 2.61. The number of nitrogens with zero attached hydrogens (tertiary/aromatic N) is 2. The first-order valence-corrected chi connectivity index (χ1v) is 6.37. The summed E-state index contributed by atoms with van der Waals surface area (Å²) in [7, 11) is 2.95. The number of rotatable bonds is 3. The van der Waals surface area contributed by atoms with Crippen LogP contribution in [0.25, 0.3) is 10.2 Å². The van der Waals surface area contributed by atoms with Gasteiger partial charge in [0.25, 0.3) is 11.5 Å². The molecule has 102 valence electrons. The van der Waals surface area contributed by atoms with Gasteiger partial charge in [-0.2, -0.15) is 0 Å². The molecule has 2 aromatic heterocycles. The topological polar surface area (TPSA) is 93.3 Å². The van der Waals surface area contributed by atoms with Crippen LogP contribution in [-0.4, -0.2) is 33.3 Å². The van der Waals surface area contributed by atoms with E-state index in [1.807, 2.05) is 0 Å². The van der Waals surface area contributed by atoms with Crippen LogP contribution in [-0.2, 0) is 14.1 Å². The first-order chi connectivity index (χ1) is 8.97. The van der Waals surface area contributed by atoms with Gasteiger partial charge in [-0.1, -0.05) is 0 Å². The van der Waals surface area contributed by atoms with Crippen molar-refractivity contribution >= 4 is 27.5 Å². The summed E-state index contributed by atoms with van der Waals surface area (Å²) in [4.78, 5) is 36.2. The largest absolute Gasteiger partial charge is 0.395 e. The number of carbonyl (C=O) groups is 1. The number of fused-ring (bicyclic) bond motifs is 1. The summed E-state index contributed by atoms with van der Waals surface area (Å²) in [5, 5.41) is 11.5. The molecule has 0 saturated heterocycles. The second-order valence-corrected chi connectivity index (χ2v) is 5.05. The number of aliphatic hydroxyl groups is 1. The van der Waals surface area contributed by atoms with Gasteiger partial charge in [0, 0.05) is 20.6 Å². The normalized spacial score (nSPS) is 10.9. The van der Waals surface area contributed by atoms with Crippen LogP contribution in [0.4, 0.5) is 0 Å². The van der Waals surface area contributed by atoms with Crippen LogP contribution in [0, 0.1) is 0 Å². The summed E-state index contributed by atoms with van der Waals surface area (Å²) in [6, 6.07) is 1.47. The first-order valence-electron chi connectivity index (χ1n) is 5.56. The summed E-state index contributed by atoms with van der Waals surface area (Å²) < 4.78 is 2.34. The highest BCUT2D eigenvalue weighted by Gasteiger charge is 2.15. The Labute approximate surface area is 111 Å². The highest BCUT2D eigenvalue weighted by molar-refractivity contribution is 7.20. The van der Waals surface area contributed by atoms with Gasteiger partial charge in [0.15, 0.2) is 0 Å². The van der Waals surface area contributed by atoms with E-state index in [1.54, 1.807) is 7.05 Å². The van der Waals surface area contributed by atoms with E-state index in [0.717, 1.165) is 15.9 Å². The minimum atomic E-state index is -0.429. The number of nitrogens with one attached hydrogen (secondary N) is 1. The van der Waals surface area contributed by atoms with E-state index in [0.29, 0.717) is 15.1 Å². The minimum Gasteiger partial charge on any atom is -0.395 e. The van der Waals surface area contributed by atoms with Gasteiger partial charge in [-0.05, 0) is 6.07 Å². The smallest absolute Gasteiger partial charge is 0.331 e. The van der Waals surface area contributed by atoms with Gasteiger partial charge in [-0.3, -0.25) is 18.7 Å². The third kappa shape index (κ3) is 2.20. The van der Waals surface area contributed by atoms with E-state index in [-0.39, 0.29) is 19.1 Å². The number of aromatic nitrogens is 2. The van der Waals surface area contributed by atoms with Crippen molar-refractivity contribution in [1.29, 1.82) is 0 Å². The summed E-state index contributed by atoms with van der Waals surface area (Å²) in [6.07, 6.45) is 0. The molecule has 0 aliphatic rings. The van der Waals surface area contributed by atoms with Crippen molar-refractivity contribution in [3.63, 3.8) is 0 Å². The molecular weight excluding hydrogens is 270 g/mol. The average Bonchev–Trinajstić information content (AvgIpc) is 2.85. The molecule has 2 N–H and O–H groups in total. The summed E-state index contributed by atoms with van der Waals surface area (Å²) in [5.74, 6) is -0.371. The standard InChI is InChI=1S/C11H13N3O4S/c1-13-9(17)6-5-7(8(16)12-3-4-15)19-10(6)14(2)11(13)18/h5,15H,3-4H2,1-2H3,(H,12,16). The summed E-state index contributed by atoms with van der Waals surface area (Å²) in [6.45, 7) is -0.0130. The molecule has 0 atom stereocenters. The third-order valence-corrected chi connectivity index (χ3v) is 3.96. The molecule has 0 aliphatic carbocycles. The fourth-order valence-electron chi connectivity index (χ4n) is 1.73. The zero-order chi connectivity index (χ0) is 14.2. The monoisotopic (exact) mass is 283 g/mol. The molecular formula is C11H13N3O4S. The molecule has 8 heteroatoms. The number of aryl methyl sites for hydroxylation is 1. The van der Waals surface area contributed by atoms with E-state index >= 15 is 0 Å². The Morgan fingerprint density at radius 3 is 2.68 bits per heavy atom. The van der Waals surface area contributed by atoms with E-state index < -0.39 is 11.2 Å². The van der Waals surface area contributed by atoms with Crippen LogP contribution in [0.3, 0.4) is 0 Å². The minimum absolute atomic E-state index is 0.143. The van der Waals surface area contributed by atoms with E-state index in [4.69, 9.17) is 5.11 Å². The van der Waals surface area contributed by atoms with Gasteiger partial charge >= 0.3 is 5.69 Å². The second kappa shape index (κ2) is 4.98. The van der Waals surface area contributed by atoms with Crippen LogP contribution in [0.1, 0.15) is 9.67 Å². The van der Waals surface area contributed by atoms with Crippen molar-refractivity contribution < 1.29 is 9.90 Å². The highest BCUT2D eigenvalue weighted by Crippen LogP contribution is 2.21. The van der Waals surface area contributed by atoms with E-state index in [2.05, 4.69) is 5.32 Å². The fraction of sp³-hybridized carbons (Fsp3) is 0.364. The van der Waals surface area contributed by atoms with Gasteiger partial charge in [0.05, 0.1) is 16.9 Å². The van der Waals surface area contributed by atoms with Gasteiger partial charge in [0.1, 0.15) is 4.83 Å². The second-order valence-electron chi connectivity index (χ2n) is 4.01. The Morgan fingerprint density at radius 1 is 1.37 bits per heavy atom. The summed E-state index contributed by atoms with van der Waals surface area (Å²) >= 11 is 1.08. The molecule has 0 unspecified atom stereocenters. The highest BCUT2D eigenvalue weighted by atomic mass is 32.1. The number of carbonyl (C=O) groups excluding carboxylic acids is 1. The molecule has 0 radical (unpaired) electrons. The average molecular weight is 283 g/mol. The van der Waals surface area contributed by atoms with Crippen LogP contribution >= 0.6 is 11.3 Å².